The van der Waals surface area contributed by atoms with Gasteiger partial charge in [-0.05, 0) is 18.6 Å². The molecule has 0 aromatic heterocycles. The lowest BCUT2D eigenvalue weighted by Crippen LogP contribution is -2.42. The highest BCUT2D eigenvalue weighted by Gasteiger charge is 2.20. The number of hydrogen-bond acceptors (Lipinski definition) is 5. The number of ether oxygens (including phenoxy) is 1. The molecule has 1 aromatic rings. The largest absolute Gasteiger partial charge is 0.383 e. The molecule has 104 valence electrons. The highest BCUT2D eigenvalue weighted by molar-refractivity contribution is 5.62. The fraction of sp³-hybridized carbons (Fsp3) is 0.538. The second kappa shape index (κ2) is 5.99. The molecular formula is C13H19N3O3. The first-order chi connectivity index (χ1) is 9.11. The number of anilines is 1. The molecule has 1 aliphatic rings. The van der Waals surface area contributed by atoms with E-state index in [-0.39, 0.29) is 10.6 Å². The summed E-state index contributed by atoms with van der Waals surface area (Å²) in [6.07, 6.45) is 0. The molecule has 1 heterocycles. The van der Waals surface area contributed by atoms with Gasteiger partial charge in [0, 0.05) is 32.2 Å². The molecule has 1 aromatic carbocycles. The van der Waals surface area contributed by atoms with Crippen LogP contribution in [0.25, 0.3) is 0 Å². The molecule has 6 nitrogen and oxygen atoms in total. The van der Waals surface area contributed by atoms with Gasteiger partial charge >= 0.3 is 0 Å². The van der Waals surface area contributed by atoms with Gasteiger partial charge in [-0.15, -0.1) is 0 Å². The number of nitrogens with zero attached hydrogens (tertiary/aromatic N) is 2. The number of hydrogen-bond donors (Lipinski definition) is 1. The zero-order valence-electron chi connectivity index (χ0n) is 11.3. The van der Waals surface area contributed by atoms with Gasteiger partial charge in [0.15, 0.2) is 0 Å². The predicted molar refractivity (Wildman–Crippen MR) is 73.3 cm³/mol. The molecule has 2 rings (SSSR count). The van der Waals surface area contributed by atoms with E-state index in [4.69, 9.17) is 4.74 Å². The molecule has 1 saturated heterocycles. The first kappa shape index (κ1) is 13.8. The van der Waals surface area contributed by atoms with E-state index < -0.39 is 0 Å². The third-order valence-electron chi connectivity index (χ3n) is 3.42. The van der Waals surface area contributed by atoms with Crippen LogP contribution in [-0.4, -0.2) is 42.7 Å². The van der Waals surface area contributed by atoms with Crippen LogP contribution in [0.2, 0.25) is 0 Å². The first-order valence-corrected chi connectivity index (χ1v) is 6.38. The quantitative estimate of drug-likeness (QED) is 0.664. The van der Waals surface area contributed by atoms with Crippen LogP contribution >= 0.6 is 0 Å². The Morgan fingerprint density at radius 2 is 2.37 bits per heavy atom. The van der Waals surface area contributed by atoms with Crippen LogP contribution < -0.4 is 5.32 Å². The molecule has 1 aliphatic heterocycles. The Labute approximate surface area is 112 Å². The standard InChI is InChI=1S/C13H19N3O3/c1-10-9-19-6-5-15(10)8-11-3-4-12(14-2)13(7-11)16(17)18/h3-4,7,10,14H,5-6,8-9H2,1-2H3. The van der Waals surface area contributed by atoms with E-state index in [1.54, 1.807) is 19.2 Å². The van der Waals surface area contributed by atoms with E-state index in [0.29, 0.717) is 11.7 Å². The predicted octanol–water partition coefficient (Wildman–Crippen LogP) is 1.86. The van der Waals surface area contributed by atoms with Gasteiger partial charge in [0.05, 0.1) is 18.1 Å². The summed E-state index contributed by atoms with van der Waals surface area (Å²) in [7, 11) is 1.69. The summed E-state index contributed by atoms with van der Waals surface area (Å²) in [5.41, 5.74) is 1.63. The van der Waals surface area contributed by atoms with Crippen molar-refractivity contribution in [3.63, 3.8) is 0 Å². The second-order valence-electron chi connectivity index (χ2n) is 4.75. The van der Waals surface area contributed by atoms with Gasteiger partial charge in [-0.1, -0.05) is 6.07 Å². The fourth-order valence-corrected chi connectivity index (χ4v) is 2.27. The van der Waals surface area contributed by atoms with Crippen LogP contribution in [0.4, 0.5) is 11.4 Å². The monoisotopic (exact) mass is 265 g/mol. The van der Waals surface area contributed by atoms with Gasteiger partial charge in [0.1, 0.15) is 5.69 Å². The van der Waals surface area contributed by atoms with Crippen LogP contribution in [0.15, 0.2) is 18.2 Å². The lowest BCUT2D eigenvalue weighted by atomic mass is 10.1. The fourth-order valence-electron chi connectivity index (χ4n) is 2.27. The average Bonchev–Trinajstić information content (AvgIpc) is 2.41. The van der Waals surface area contributed by atoms with Gasteiger partial charge < -0.3 is 10.1 Å². The van der Waals surface area contributed by atoms with Crippen molar-refractivity contribution < 1.29 is 9.66 Å². The van der Waals surface area contributed by atoms with Crippen LogP contribution in [-0.2, 0) is 11.3 Å². The molecule has 0 bridgehead atoms. The molecule has 0 spiro atoms. The Morgan fingerprint density at radius 3 is 3.00 bits per heavy atom. The summed E-state index contributed by atoms with van der Waals surface area (Å²) >= 11 is 0. The summed E-state index contributed by atoms with van der Waals surface area (Å²) in [4.78, 5) is 13.0. The molecule has 1 atom stereocenters. The maximum absolute atomic E-state index is 11.0. The topological polar surface area (TPSA) is 67.6 Å². The zero-order chi connectivity index (χ0) is 13.8. The number of morpholine rings is 1. The van der Waals surface area contributed by atoms with Crippen LogP contribution in [0.3, 0.4) is 0 Å². The highest BCUT2D eigenvalue weighted by Crippen LogP contribution is 2.26. The summed E-state index contributed by atoms with van der Waals surface area (Å²) in [5.74, 6) is 0. The number of benzene rings is 1. The molecule has 19 heavy (non-hydrogen) atoms. The molecule has 0 aliphatic carbocycles. The Balaban J connectivity index is 2.16. The van der Waals surface area contributed by atoms with Gasteiger partial charge in [-0.2, -0.15) is 0 Å². The number of nitro groups is 1. The van der Waals surface area contributed by atoms with Gasteiger partial charge in [0.2, 0.25) is 0 Å². The zero-order valence-corrected chi connectivity index (χ0v) is 11.3. The Hall–Kier alpha value is -1.66. The smallest absolute Gasteiger partial charge is 0.292 e. The molecule has 1 fully saturated rings. The second-order valence-corrected chi connectivity index (χ2v) is 4.75. The van der Waals surface area contributed by atoms with E-state index in [2.05, 4.69) is 17.1 Å². The van der Waals surface area contributed by atoms with Crippen LogP contribution in [0, 0.1) is 10.1 Å². The van der Waals surface area contributed by atoms with Crippen molar-refractivity contribution in [2.24, 2.45) is 0 Å². The van der Waals surface area contributed by atoms with Crippen molar-refractivity contribution in [2.45, 2.75) is 19.5 Å². The number of nitrogens with one attached hydrogen (secondary N) is 1. The van der Waals surface area contributed by atoms with Crippen molar-refractivity contribution in [1.82, 2.24) is 4.90 Å². The summed E-state index contributed by atoms with van der Waals surface area (Å²) in [5, 5.41) is 13.9. The van der Waals surface area contributed by atoms with Gasteiger partial charge in [-0.3, -0.25) is 15.0 Å². The Morgan fingerprint density at radius 1 is 1.58 bits per heavy atom. The Bertz CT molecular complexity index is 464. The van der Waals surface area contributed by atoms with E-state index in [1.807, 2.05) is 6.07 Å². The molecule has 0 radical (unpaired) electrons. The van der Waals surface area contributed by atoms with Gasteiger partial charge in [-0.25, -0.2) is 0 Å². The maximum atomic E-state index is 11.0. The minimum absolute atomic E-state index is 0.126. The van der Waals surface area contributed by atoms with Crippen molar-refractivity contribution in [3.05, 3.63) is 33.9 Å². The molecule has 0 amide bonds. The third-order valence-corrected chi connectivity index (χ3v) is 3.42. The van der Waals surface area contributed by atoms with Crippen LogP contribution in [0.1, 0.15) is 12.5 Å². The van der Waals surface area contributed by atoms with Crippen molar-refractivity contribution in [2.75, 3.05) is 32.1 Å². The van der Waals surface area contributed by atoms with E-state index in [1.165, 1.54) is 0 Å². The lowest BCUT2D eigenvalue weighted by Gasteiger charge is -2.33. The van der Waals surface area contributed by atoms with E-state index in [0.717, 1.165) is 31.9 Å². The SMILES string of the molecule is CNc1ccc(CN2CCOCC2C)cc1[N+](=O)[O-]. The summed E-state index contributed by atoms with van der Waals surface area (Å²) in [6, 6.07) is 5.69. The summed E-state index contributed by atoms with van der Waals surface area (Å²) < 4.78 is 5.39. The minimum atomic E-state index is -0.349. The first-order valence-electron chi connectivity index (χ1n) is 6.38. The lowest BCUT2D eigenvalue weighted by molar-refractivity contribution is -0.384. The minimum Gasteiger partial charge on any atom is -0.383 e. The Kier molecular flexibility index (Phi) is 4.34. The molecule has 6 heteroatoms. The van der Waals surface area contributed by atoms with E-state index in [9.17, 15) is 10.1 Å². The van der Waals surface area contributed by atoms with Crippen molar-refractivity contribution in [1.29, 1.82) is 0 Å². The van der Waals surface area contributed by atoms with Crippen LogP contribution in [0.5, 0.6) is 0 Å². The summed E-state index contributed by atoms with van der Waals surface area (Å²) in [6.45, 7) is 5.13. The molecule has 1 N–H and O–H groups in total. The third kappa shape index (κ3) is 3.21. The maximum Gasteiger partial charge on any atom is 0.292 e. The van der Waals surface area contributed by atoms with E-state index >= 15 is 0 Å². The number of nitro benzene ring substituents is 1. The van der Waals surface area contributed by atoms with Gasteiger partial charge in [0.25, 0.3) is 5.69 Å². The molecule has 0 saturated carbocycles. The molecular weight excluding hydrogens is 246 g/mol. The highest BCUT2D eigenvalue weighted by atomic mass is 16.6. The number of rotatable bonds is 4. The molecule has 1 unspecified atom stereocenters. The van der Waals surface area contributed by atoms with Crippen molar-refractivity contribution in [3.8, 4) is 0 Å². The average molecular weight is 265 g/mol. The normalized spacial score (nSPS) is 20.2. The van der Waals surface area contributed by atoms with Crippen molar-refractivity contribution >= 4 is 11.4 Å².